The molecule has 0 unspecified atom stereocenters. The summed E-state index contributed by atoms with van der Waals surface area (Å²) in [4.78, 5) is 56.2. The largest absolute Gasteiger partial charge is 0.333 e. The fourth-order valence-corrected chi connectivity index (χ4v) is 10.2. The van der Waals surface area contributed by atoms with E-state index in [0.717, 1.165) is 36.9 Å². The van der Waals surface area contributed by atoms with Gasteiger partial charge in [0, 0.05) is 52.4 Å². The molecule has 10 rings (SSSR count). The molecule has 7 heterocycles. The summed E-state index contributed by atoms with van der Waals surface area (Å²) in [5.74, 6) is -0.491. The number of aromatic amines is 1. The number of carbonyl (C=O) groups excluding carboxylic acids is 2. The van der Waals surface area contributed by atoms with Gasteiger partial charge in [0.05, 0.1) is 38.1 Å². The number of benzene rings is 3. The number of azo groups is 1. The Morgan fingerprint density at radius 1 is 0.871 bits per heavy atom. The lowest BCUT2D eigenvalue weighted by Crippen LogP contribution is -2.30. The third-order valence-electron chi connectivity index (χ3n) is 9.60. The van der Waals surface area contributed by atoms with E-state index < -0.39 is 5.56 Å². The maximum Gasteiger partial charge on any atom is 0.301 e. The monoisotopic (exact) mass is 914 g/mol. The molecule has 3 aromatic carbocycles. The molecule has 0 saturated heterocycles. The van der Waals surface area contributed by atoms with Gasteiger partial charge >= 0.3 is 5.56 Å². The highest BCUT2D eigenvalue weighted by Crippen LogP contribution is 2.33. The van der Waals surface area contributed by atoms with Crippen molar-refractivity contribution in [1.82, 2.24) is 39.4 Å². The molecular formula is C42H34N12O3S5. The molecule has 15 nitrogen and oxygen atoms in total. The highest BCUT2D eigenvalue weighted by atomic mass is 32.2. The smallest absolute Gasteiger partial charge is 0.301 e. The second-order valence-electron chi connectivity index (χ2n) is 13.6. The maximum atomic E-state index is 13.8. The van der Waals surface area contributed by atoms with Crippen molar-refractivity contribution in [2.24, 2.45) is 10.2 Å². The molecular weight excluding hydrogens is 881 g/mol. The molecule has 0 aliphatic carbocycles. The van der Waals surface area contributed by atoms with Crippen molar-refractivity contribution in [3.8, 4) is 27.6 Å². The van der Waals surface area contributed by atoms with E-state index in [-0.39, 0.29) is 30.6 Å². The first-order chi connectivity index (χ1) is 29.9. The minimum absolute atomic E-state index is 0. The Balaban J connectivity index is 0.00000490. The summed E-state index contributed by atoms with van der Waals surface area (Å²) in [6.07, 6.45) is 2.31. The average Bonchev–Trinajstić information content (AvgIpc) is 4.16. The van der Waals surface area contributed by atoms with Gasteiger partial charge in [-0.2, -0.15) is 9.78 Å². The van der Waals surface area contributed by atoms with Crippen molar-refractivity contribution >= 4 is 101 Å². The molecule has 0 atom stereocenters. The Morgan fingerprint density at radius 3 is 2.55 bits per heavy atom. The van der Waals surface area contributed by atoms with Crippen molar-refractivity contribution in [2.75, 3.05) is 16.6 Å². The van der Waals surface area contributed by atoms with Crippen molar-refractivity contribution < 1.29 is 9.59 Å². The van der Waals surface area contributed by atoms with Crippen molar-refractivity contribution in [3.05, 3.63) is 141 Å². The fraction of sp³-hybridized carbons (Fsp3) is 0.119. The summed E-state index contributed by atoms with van der Waals surface area (Å²) in [5.41, 5.74) is 5.76. The van der Waals surface area contributed by atoms with Crippen molar-refractivity contribution in [2.45, 2.75) is 31.1 Å². The van der Waals surface area contributed by atoms with Crippen LogP contribution >= 0.6 is 57.3 Å². The SMILES string of the molecule is C.O=C(Nc1nc2ccc(NSc3cccs3)cc2s1)c1cc2n(n1)CCCN(C(=O)c1ccc(-c3csc(-n4[nH]c(-c5ccccc5)c(N=Nc5nccs5)c4=O)n3)cc1)C2. The molecule has 20 heteroatoms. The Morgan fingerprint density at radius 2 is 1.74 bits per heavy atom. The summed E-state index contributed by atoms with van der Waals surface area (Å²) in [6, 6.07) is 28.4. The molecule has 0 spiro atoms. The molecule has 0 fully saturated rings. The van der Waals surface area contributed by atoms with E-state index in [1.807, 2.05) is 77.5 Å². The molecule has 1 aliphatic heterocycles. The number of anilines is 2. The summed E-state index contributed by atoms with van der Waals surface area (Å²) in [6.45, 7) is 1.42. The molecule has 9 aromatic rings. The van der Waals surface area contributed by atoms with Gasteiger partial charge in [-0.1, -0.05) is 67.3 Å². The summed E-state index contributed by atoms with van der Waals surface area (Å²) < 4.78 is 8.63. The topological polar surface area (TPSA) is 180 Å². The van der Waals surface area contributed by atoms with Gasteiger partial charge in [-0.3, -0.25) is 29.5 Å². The van der Waals surface area contributed by atoms with Gasteiger partial charge in [0.2, 0.25) is 10.3 Å². The number of amides is 2. The van der Waals surface area contributed by atoms with E-state index in [9.17, 15) is 14.4 Å². The van der Waals surface area contributed by atoms with Gasteiger partial charge in [-0.05, 0) is 66.2 Å². The first-order valence-corrected chi connectivity index (χ1v) is 23.0. The van der Waals surface area contributed by atoms with Crippen LogP contribution < -0.4 is 15.6 Å². The molecule has 62 heavy (non-hydrogen) atoms. The number of hydrogen-bond acceptors (Lipinski definition) is 15. The van der Waals surface area contributed by atoms with E-state index in [0.29, 0.717) is 58.4 Å². The minimum atomic E-state index is -0.396. The zero-order valence-electron chi connectivity index (χ0n) is 31.6. The third kappa shape index (κ3) is 8.50. The number of aryl methyl sites for hydroxylation is 1. The molecule has 6 aromatic heterocycles. The van der Waals surface area contributed by atoms with E-state index in [2.05, 4.69) is 46.5 Å². The molecule has 2 amide bonds. The highest BCUT2D eigenvalue weighted by molar-refractivity contribution is 8.02. The molecule has 0 saturated carbocycles. The second-order valence-corrected chi connectivity index (χ2v) is 18.4. The van der Waals surface area contributed by atoms with Crippen LogP contribution in [0.15, 0.2) is 133 Å². The fourth-order valence-electron chi connectivity index (χ4n) is 6.67. The van der Waals surface area contributed by atoms with Crippen LogP contribution in [-0.2, 0) is 13.1 Å². The zero-order chi connectivity index (χ0) is 41.3. The summed E-state index contributed by atoms with van der Waals surface area (Å²) in [5, 5.41) is 26.2. The molecule has 0 bridgehead atoms. The van der Waals surface area contributed by atoms with Gasteiger partial charge in [0.15, 0.2) is 16.5 Å². The average molecular weight is 915 g/mol. The van der Waals surface area contributed by atoms with E-state index in [1.54, 1.807) is 62.6 Å². The van der Waals surface area contributed by atoms with Crippen LogP contribution in [0.25, 0.3) is 37.9 Å². The zero-order valence-corrected chi connectivity index (χ0v) is 35.7. The van der Waals surface area contributed by atoms with Crippen LogP contribution in [0.1, 0.15) is 40.4 Å². The number of hydrogen-bond donors (Lipinski definition) is 3. The Bertz CT molecular complexity index is 3090. The maximum absolute atomic E-state index is 13.8. The second kappa shape index (κ2) is 17.8. The Labute approximate surface area is 374 Å². The number of H-pyrrole nitrogens is 1. The predicted octanol–water partition coefficient (Wildman–Crippen LogP) is 10.7. The lowest BCUT2D eigenvalue weighted by molar-refractivity contribution is 0.0745. The van der Waals surface area contributed by atoms with Crippen LogP contribution in [0.2, 0.25) is 0 Å². The number of thiophene rings is 1. The number of carbonyl (C=O) groups is 2. The number of aromatic nitrogens is 7. The third-order valence-corrected chi connectivity index (χ3v) is 13.9. The van der Waals surface area contributed by atoms with Gasteiger partial charge < -0.3 is 9.62 Å². The first-order valence-electron chi connectivity index (χ1n) is 18.7. The number of rotatable bonds is 11. The van der Waals surface area contributed by atoms with Gasteiger partial charge in [0.25, 0.3) is 11.8 Å². The van der Waals surface area contributed by atoms with Gasteiger partial charge in [0.1, 0.15) is 0 Å². The lowest BCUT2D eigenvalue weighted by Gasteiger charge is -2.20. The quantitative estimate of drug-likeness (QED) is 0.0840. The van der Waals surface area contributed by atoms with Crippen LogP contribution in [-0.4, -0.2) is 57.8 Å². The van der Waals surface area contributed by atoms with Gasteiger partial charge in [-0.25, -0.2) is 15.0 Å². The van der Waals surface area contributed by atoms with E-state index in [1.165, 1.54) is 38.7 Å². The Kier molecular flexibility index (Phi) is 11.7. The van der Waals surface area contributed by atoms with Crippen molar-refractivity contribution in [3.63, 3.8) is 0 Å². The predicted molar refractivity (Wildman–Crippen MR) is 249 cm³/mol. The van der Waals surface area contributed by atoms with E-state index >= 15 is 0 Å². The highest BCUT2D eigenvalue weighted by Gasteiger charge is 2.25. The summed E-state index contributed by atoms with van der Waals surface area (Å²) >= 11 is 7.24. The molecule has 3 N–H and O–H groups in total. The first kappa shape index (κ1) is 40.8. The Hall–Kier alpha value is -6.58. The number of nitrogens with zero attached hydrogens (tertiary/aromatic N) is 9. The molecule has 310 valence electrons. The minimum Gasteiger partial charge on any atom is -0.333 e. The number of thiazole rings is 3. The van der Waals surface area contributed by atoms with Crippen LogP contribution in [0.3, 0.4) is 0 Å². The number of nitrogens with one attached hydrogen (secondary N) is 3. The van der Waals surface area contributed by atoms with E-state index in [4.69, 9.17) is 4.98 Å². The standard InChI is InChI=1S/C41H30N12O3S5.CH4/c54-36(45-40-43-29-14-13-27(20-32(29)60-40)50-61-33-8-4-18-57-33)30-21-28-22-51(16-5-17-52(28)48-30)37(55)26-11-9-24(10-12-26)31-23-59-41(44-31)53-38(56)35(46-47-39-42-15-19-58-39)34(49-53)25-6-2-1-3-7-25;/h1-4,6-15,18-21,23,49-50H,5,16-17,22H2,(H,43,45,54);1H4. The van der Waals surface area contributed by atoms with Crippen LogP contribution in [0.5, 0.6) is 0 Å². The van der Waals surface area contributed by atoms with Gasteiger partial charge in [-0.15, -0.1) is 44.2 Å². The lowest BCUT2D eigenvalue weighted by atomic mass is 10.1. The van der Waals surface area contributed by atoms with Crippen LogP contribution in [0.4, 0.5) is 21.6 Å². The molecule has 1 aliphatic rings. The normalized spacial score (nSPS) is 12.6. The van der Waals surface area contributed by atoms with Crippen molar-refractivity contribution in [1.29, 1.82) is 0 Å². The number of fused-ring (bicyclic) bond motifs is 2. The molecule has 0 radical (unpaired) electrons. The summed E-state index contributed by atoms with van der Waals surface area (Å²) in [7, 11) is 0. The van der Waals surface area contributed by atoms with Crippen LogP contribution in [0, 0.1) is 0 Å².